The van der Waals surface area contributed by atoms with Gasteiger partial charge in [0, 0.05) is 12.4 Å². The van der Waals surface area contributed by atoms with Crippen molar-refractivity contribution in [3.8, 4) is 0 Å². The molecule has 0 radical (unpaired) electrons. The molecule has 15 heavy (non-hydrogen) atoms. The fraction of sp³-hybridized carbons (Fsp3) is 0.200. The van der Waals surface area contributed by atoms with E-state index in [0.717, 1.165) is 18.5 Å². The maximum atomic E-state index is 5.87. The molecule has 0 amide bonds. The predicted molar refractivity (Wildman–Crippen MR) is 59.7 cm³/mol. The average Bonchev–Trinajstić information content (AvgIpc) is 2.56. The number of hydrogen-bond acceptors (Lipinski definition) is 3. The number of aromatic amines is 1. The van der Waals surface area contributed by atoms with Crippen molar-refractivity contribution in [1.29, 1.82) is 0 Å². The monoisotopic (exact) mass is 222 g/mol. The Hall–Kier alpha value is -1.55. The fourth-order valence-corrected chi connectivity index (χ4v) is 1.62. The molecule has 0 unspecified atom stereocenters. The van der Waals surface area contributed by atoms with Crippen molar-refractivity contribution < 1.29 is 0 Å². The Morgan fingerprint density at radius 1 is 1.40 bits per heavy atom. The maximum absolute atomic E-state index is 5.87. The zero-order valence-electron chi connectivity index (χ0n) is 8.07. The molecule has 0 aliphatic heterocycles. The molecule has 0 aliphatic carbocycles. The van der Waals surface area contributed by atoms with Crippen LogP contribution in [0.5, 0.6) is 0 Å². The molecule has 0 saturated carbocycles. The predicted octanol–water partition coefficient (Wildman–Crippen LogP) is 1.83. The number of aromatic nitrogens is 3. The number of pyridine rings is 1. The van der Waals surface area contributed by atoms with Gasteiger partial charge in [-0.25, -0.2) is 4.98 Å². The molecule has 78 valence electrons. The SMILES string of the molecule is Nc1nc(Cl)c(CCc2cccnc2)[nH]1. The smallest absolute Gasteiger partial charge is 0.199 e. The zero-order valence-corrected chi connectivity index (χ0v) is 8.83. The third-order valence-electron chi connectivity index (χ3n) is 2.13. The van der Waals surface area contributed by atoms with E-state index >= 15 is 0 Å². The quantitative estimate of drug-likeness (QED) is 0.833. The summed E-state index contributed by atoms with van der Waals surface area (Å²) in [4.78, 5) is 10.9. The molecule has 2 aromatic heterocycles. The molecule has 3 N–H and O–H groups in total. The molecule has 0 aromatic carbocycles. The molecular weight excluding hydrogens is 212 g/mol. The molecule has 2 aromatic rings. The summed E-state index contributed by atoms with van der Waals surface area (Å²) in [7, 11) is 0. The minimum absolute atomic E-state index is 0.362. The minimum Gasteiger partial charge on any atom is -0.369 e. The fourth-order valence-electron chi connectivity index (χ4n) is 1.39. The van der Waals surface area contributed by atoms with Gasteiger partial charge in [0.15, 0.2) is 11.1 Å². The number of rotatable bonds is 3. The number of nitrogen functional groups attached to an aromatic ring is 1. The van der Waals surface area contributed by atoms with Crippen LogP contribution in [0, 0.1) is 0 Å². The van der Waals surface area contributed by atoms with Gasteiger partial charge in [0.05, 0.1) is 5.69 Å². The molecule has 2 heterocycles. The van der Waals surface area contributed by atoms with Crippen LogP contribution in [0.1, 0.15) is 11.3 Å². The zero-order chi connectivity index (χ0) is 10.7. The number of nitrogens with two attached hydrogens (primary N) is 1. The number of imidazole rings is 1. The van der Waals surface area contributed by atoms with E-state index in [-0.39, 0.29) is 0 Å². The van der Waals surface area contributed by atoms with Crippen LogP contribution in [0.2, 0.25) is 5.15 Å². The van der Waals surface area contributed by atoms with Gasteiger partial charge >= 0.3 is 0 Å². The largest absolute Gasteiger partial charge is 0.369 e. The van der Waals surface area contributed by atoms with Crippen LogP contribution in [-0.2, 0) is 12.8 Å². The highest BCUT2D eigenvalue weighted by atomic mass is 35.5. The van der Waals surface area contributed by atoms with Crippen LogP contribution < -0.4 is 5.73 Å². The van der Waals surface area contributed by atoms with E-state index in [4.69, 9.17) is 17.3 Å². The highest BCUT2D eigenvalue weighted by Crippen LogP contribution is 2.15. The van der Waals surface area contributed by atoms with E-state index in [1.165, 1.54) is 5.56 Å². The third-order valence-corrected chi connectivity index (χ3v) is 2.45. The van der Waals surface area contributed by atoms with Crippen molar-refractivity contribution in [1.82, 2.24) is 15.0 Å². The highest BCUT2D eigenvalue weighted by molar-refractivity contribution is 6.30. The topological polar surface area (TPSA) is 67.6 Å². The Kier molecular flexibility index (Phi) is 2.87. The molecule has 4 nitrogen and oxygen atoms in total. The number of hydrogen-bond donors (Lipinski definition) is 2. The summed E-state index contributed by atoms with van der Waals surface area (Å²) in [6, 6.07) is 3.94. The Morgan fingerprint density at radius 3 is 2.87 bits per heavy atom. The lowest BCUT2D eigenvalue weighted by Gasteiger charge is -1.98. The second-order valence-electron chi connectivity index (χ2n) is 3.25. The lowest BCUT2D eigenvalue weighted by Crippen LogP contribution is -1.93. The van der Waals surface area contributed by atoms with Crippen LogP contribution >= 0.6 is 11.6 Å². The van der Waals surface area contributed by atoms with Gasteiger partial charge in [-0.2, -0.15) is 0 Å². The van der Waals surface area contributed by atoms with Crippen molar-refractivity contribution in [2.24, 2.45) is 0 Å². The highest BCUT2D eigenvalue weighted by Gasteiger charge is 2.05. The Morgan fingerprint density at radius 2 is 2.27 bits per heavy atom. The average molecular weight is 223 g/mol. The lowest BCUT2D eigenvalue weighted by atomic mass is 10.1. The molecular formula is C10H11ClN4. The Balaban J connectivity index is 2.02. The molecule has 0 spiro atoms. The Labute approximate surface area is 92.5 Å². The summed E-state index contributed by atoms with van der Waals surface area (Å²) in [5, 5.41) is 0.455. The van der Waals surface area contributed by atoms with Gasteiger partial charge in [0.2, 0.25) is 0 Å². The first-order chi connectivity index (χ1) is 7.25. The molecule has 0 saturated heterocycles. The second kappa shape index (κ2) is 4.31. The van der Waals surface area contributed by atoms with Crippen molar-refractivity contribution in [2.75, 3.05) is 5.73 Å². The molecule has 0 bridgehead atoms. The van der Waals surface area contributed by atoms with Crippen molar-refractivity contribution in [3.05, 3.63) is 40.9 Å². The third kappa shape index (κ3) is 2.47. The van der Waals surface area contributed by atoms with Gasteiger partial charge < -0.3 is 10.7 Å². The van der Waals surface area contributed by atoms with E-state index in [1.54, 1.807) is 6.20 Å². The van der Waals surface area contributed by atoms with Crippen LogP contribution in [0.15, 0.2) is 24.5 Å². The normalized spacial score (nSPS) is 10.5. The van der Waals surface area contributed by atoms with Gasteiger partial charge in [-0.1, -0.05) is 17.7 Å². The molecule has 0 fully saturated rings. The number of nitrogens with zero attached hydrogens (tertiary/aromatic N) is 2. The summed E-state index contributed by atoms with van der Waals surface area (Å²) in [6.07, 6.45) is 5.25. The molecule has 2 rings (SSSR count). The van der Waals surface area contributed by atoms with Crippen LogP contribution in [0.3, 0.4) is 0 Å². The van der Waals surface area contributed by atoms with Gasteiger partial charge in [-0.05, 0) is 24.5 Å². The standard InChI is InChI=1S/C10H11ClN4/c11-9-8(14-10(12)15-9)4-3-7-2-1-5-13-6-7/h1-2,5-6H,3-4H2,(H3,12,14,15). The molecule has 0 aliphatic rings. The summed E-state index contributed by atoms with van der Waals surface area (Å²) < 4.78 is 0. The number of nitrogens with one attached hydrogen (secondary N) is 1. The van der Waals surface area contributed by atoms with E-state index < -0.39 is 0 Å². The van der Waals surface area contributed by atoms with Gasteiger partial charge in [0.1, 0.15) is 0 Å². The summed E-state index contributed by atoms with van der Waals surface area (Å²) >= 11 is 5.87. The van der Waals surface area contributed by atoms with Crippen LogP contribution in [0.25, 0.3) is 0 Å². The lowest BCUT2D eigenvalue weighted by molar-refractivity contribution is 0.919. The number of H-pyrrole nitrogens is 1. The summed E-state index contributed by atoms with van der Waals surface area (Å²) in [5.41, 5.74) is 7.53. The van der Waals surface area contributed by atoms with E-state index in [0.29, 0.717) is 11.1 Å². The second-order valence-corrected chi connectivity index (χ2v) is 3.61. The van der Waals surface area contributed by atoms with E-state index in [2.05, 4.69) is 15.0 Å². The van der Waals surface area contributed by atoms with Crippen molar-refractivity contribution in [3.63, 3.8) is 0 Å². The molecule has 5 heteroatoms. The molecule has 0 atom stereocenters. The Bertz CT molecular complexity index is 438. The van der Waals surface area contributed by atoms with E-state index in [1.807, 2.05) is 18.3 Å². The number of halogens is 1. The van der Waals surface area contributed by atoms with Crippen LogP contribution in [0.4, 0.5) is 5.95 Å². The van der Waals surface area contributed by atoms with Gasteiger partial charge in [-0.15, -0.1) is 0 Å². The number of aryl methyl sites for hydroxylation is 2. The maximum Gasteiger partial charge on any atom is 0.199 e. The minimum atomic E-state index is 0.362. The first-order valence-corrected chi connectivity index (χ1v) is 5.02. The first kappa shape index (κ1) is 9.98. The van der Waals surface area contributed by atoms with Crippen molar-refractivity contribution >= 4 is 17.5 Å². The van der Waals surface area contributed by atoms with Gasteiger partial charge in [0.25, 0.3) is 0 Å². The summed E-state index contributed by atoms with van der Waals surface area (Å²) in [5.74, 6) is 0.362. The van der Waals surface area contributed by atoms with E-state index in [9.17, 15) is 0 Å². The van der Waals surface area contributed by atoms with Gasteiger partial charge in [-0.3, -0.25) is 4.98 Å². The summed E-state index contributed by atoms with van der Waals surface area (Å²) in [6.45, 7) is 0. The van der Waals surface area contributed by atoms with Crippen molar-refractivity contribution in [2.45, 2.75) is 12.8 Å². The number of anilines is 1. The first-order valence-electron chi connectivity index (χ1n) is 4.64. The van der Waals surface area contributed by atoms with Crippen LogP contribution in [-0.4, -0.2) is 15.0 Å².